The van der Waals surface area contributed by atoms with Crippen molar-refractivity contribution in [1.29, 1.82) is 0 Å². The molecule has 0 spiro atoms. The minimum atomic E-state index is -0.530. The standard InChI is InChI=1S/C11H11ClN4O3/c1-18-8-4-7-6(3-5(8)11(17)19-2)14-9(12)10(15-7)16-13/h3-4H,13H2,1-2H3,(H,15,16). The monoisotopic (exact) mass is 282 g/mol. The first-order valence-corrected chi connectivity index (χ1v) is 5.58. The molecule has 7 nitrogen and oxygen atoms in total. The van der Waals surface area contributed by atoms with Crippen LogP contribution in [0.25, 0.3) is 11.0 Å². The van der Waals surface area contributed by atoms with Gasteiger partial charge in [0.2, 0.25) is 0 Å². The van der Waals surface area contributed by atoms with E-state index in [4.69, 9.17) is 22.2 Å². The van der Waals surface area contributed by atoms with Gasteiger partial charge in [-0.1, -0.05) is 11.6 Å². The van der Waals surface area contributed by atoms with Crippen LogP contribution < -0.4 is 16.0 Å². The number of halogens is 1. The van der Waals surface area contributed by atoms with E-state index in [9.17, 15) is 4.79 Å². The molecule has 0 bridgehead atoms. The number of carbonyl (C=O) groups is 1. The molecule has 8 heteroatoms. The molecule has 0 saturated carbocycles. The molecular formula is C11H11ClN4O3. The molecule has 2 aromatic rings. The average molecular weight is 283 g/mol. The van der Waals surface area contributed by atoms with Gasteiger partial charge in [-0.05, 0) is 6.07 Å². The van der Waals surface area contributed by atoms with Crippen LogP contribution in [0, 0.1) is 0 Å². The number of hydrogen-bond acceptors (Lipinski definition) is 7. The normalized spacial score (nSPS) is 10.3. The maximum absolute atomic E-state index is 11.6. The molecule has 0 fully saturated rings. The average Bonchev–Trinajstić information content (AvgIpc) is 2.44. The molecule has 0 aliphatic carbocycles. The number of benzene rings is 1. The van der Waals surface area contributed by atoms with E-state index < -0.39 is 5.97 Å². The number of methoxy groups -OCH3 is 2. The Hall–Kier alpha value is -2.12. The maximum atomic E-state index is 11.6. The van der Waals surface area contributed by atoms with Gasteiger partial charge in [0.25, 0.3) is 0 Å². The van der Waals surface area contributed by atoms with E-state index in [-0.39, 0.29) is 16.5 Å². The van der Waals surface area contributed by atoms with Crippen LogP contribution in [-0.4, -0.2) is 30.2 Å². The SMILES string of the molecule is COC(=O)c1cc2nc(Cl)c(NN)nc2cc1OC. The number of nitrogen functional groups attached to an aromatic ring is 1. The minimum Gasteiger partial charge on any atom is -0.496 e. The van der Waals surface area contributed by atoms with E-state index in [2.05, 4.69) is 20.1 Å². The Labute approximate surface area is 113 Å². The molecule has 0 aliphatic heterocycles. The van der Waals surface area contributed by atoms with Crippen LogP contribution in [0.15, 0.2) is 12.1 Å². The van der Waals surface area contributed by atoms with Gasteiger partial charge >= 0.3 is 5.97 Å². The van der Waals surface area contributed by atoms with Crippen molar-refractivity contribution in [3.8, 4) is 5.75 Å². The summed E-state index contributed by atoms with van der Waals surface area (Å²) in [5.74, 6) is 5.31. The number of esters is 1. The number of hydrazine groups is 1. The summed E-state index contributed by atoms with van der Waals surface area (Å²) >= 11 is 5.88. The van der Waals surface area contributed by atoms with Gasteiger partial charge in [0.15, 0.2) is 11.0 Å². The number of nitrogens with two attached hydrogens (primary N) is 1. The van der Waals surface area contributed by atoms with Gasteiger partial charge in [0, 0.05) is 6.07 Å². The lowest BCUT2D eigenvalue weighted by atomic mass is 10.1. The summed E-state index contributed by atoms with van der Waals surface area (Å²) in [6.07, 6.45) is 0. The van der Waals surface area contributed by atoms with Crippen LogP contribution in [0.4, 0.5) is 5.82 Å². The smallest absolute Gasteiger partial charge is 0.341 e. The predicted octanol–water partition coefficient (Wildman–Crippen LogP) is 1.36. The van der Waals surface area contributed by atoms with Crippen molar-refractivity contribution in [1.82, 2.24) is 9.97 Å². The molecule has 0 radical (unpaired) electrons. The van der Waals surface area contributed by atoms with Gasteiger partial charge in [-0.2, -0.15) is 0 Å². The summed E-state index contributed by atoms with van der Waals surface area (Å²) in [7, 11) is 2.73. The third kappa shape index (κ3) is 2.38. The highest BCUT2D eigenvalue weighted by Gasteiger charge is 2.16. The highest BCUT2D eigenvalue weighted by molar-refractivity contribution is 6.32. The van der Waals surface area contributed by atoms with Crippen molar-refractivity contribution in [3.63, 3.8) is 0 Å². The van der Waals surface area contributed by atoms with E-state index >= 15 is 0 Å². The molecule has 2 rings (SSSR count). The van der Waals surface area contributed by atoms with Crippen molar-refractivity contribution < 1.29 is 14.3 Å². The summed E-state index contributed by atoms with van der Waals surface area (Å²) < 4.78 is 9.80. The number of fused-ring (bicyclic) bond motifs is 1. The van der Waals surface area contributed by atoms with Crippen LogP contribution in [0.5, 0.6) is 5.75 Å². The summed E-state index contributed by atoms with van der Waals surface area (Å²) in [6, 6.07) is 3.06. The lowest BCUT2D eigenvalue weighted by Crippen LogP contribution is -2.10. The van der Waals surface area contributed by atoms with Gasteiger partial charge in [-0.15, -0.1) is 0 Å². The fourth-order valence-electron chi connectivity index (χ4n) is 1.59. The molecule has 1 heterocycles. The zero-order chi connectivity index (χ0) is 14.0. The molecule has 100 valence electrons. The van der Waals surface area contributed by atoms with E-state index in [0.29, 0.717) is 16.8 Å². The van der Waals surface area contributed by atoms with E-state index in [1.54, 1.807) is 6.07 Å². The van der Waals surface area contributed by atoms with Crippen LogP contribution in [-0.2, 0) is 4.74 Å². The first-order valence-electron chi connectivity index (χ1n) is 5.21. The molecule has 0 saturated heterocycles. The summed E-state index contributed by atoms with van der Waals surface area (Å²) in [6.45, 7) is 0. The van der Waals surface area contributed by atoms with E-state index in [1.165, 1.54) is 20.3 Å². The van der Waals surface area contributed by atoms with Crippen molar-refractivity contribution in [2.24, 2.45) is 5.84 Å². The maximum Gasteiger partial charge on any atom is 0.341 e. The quantitative estimate of drug-likeness (QED) is 0.498. The Balaban J connectivity index is 2.70. The number of ether oxygens (including phenoxy) is 2. The molecule has 0 aliphatic rings. The first-order chi connectivity index (χ1) is 9.10. The van der Waals surface area contributed by atoms with Crippen LogP contribution in [0.2, 0.25) is 5.15 Å². The molecule has 0 atom stereocenters. The van der Waals surface area contributed by atoms with Gasteiger partial charge in [0.05, 0.1) is 25.3 Å². The van der Waals surface area contributed by atoms with Crippen LogP contribution in [0.3, 0.4) is 0 Å². The number of nitrogens with zero attached hydrogens (tertiary/aromatic N) is 2. The second-order valence-corrected chi connectivity index (χ2v) is 3.90. The molecule has 1 aromatic heterocycles. The van der Waals surface area contributed by atoms with Crippen LogP contribution >= 0.6 is 11.6 Å². The number of hydrogen-bond donors (Lipinski definition) is 2. The molecule has 1 aromatic carbocycles. The lowest BCUT2D eigenvalue weighted by molar-refractivity contribution is 0.0597. The highest BCUT2D eigenvalue weighted by atomic mass is 35.5. The third-order valence-corrected chi connectivity index (χ3v) is 2.75. The molecule has 0 amide bonds. The fraction of sp³-hybridized carbons (Fsp3) is 0.182. The van der Waals surface area contributed by atoms with Gasteiger partial charge in [0.1, 0.15) is 11.3 Å². The Kier molecular flexibility index (Phi) is 3.68. The minimum absolute atomic E-state index is 0.107. The van der Waals surface area contributed by atoms with E-state index in [0.717, 1.165) is 0 Å². The Morgan fingerprint density at radius 1 is 1.32 bits per heavy atom. The van der Waals surface area contributed by atoms with E-state index in [1.807, 2.05) is 0 Å². The van der Waals surface area contributed by atoms with Crippen molar-refractivity contribution in [2.75, 3.05) is 19.6 Å². The Morgan fingerprint density at radius 2 is 2.00 bits per heavy atom. The largest absolute Gasteiger partial charge is 0.496 e. The predicted molar refractivity (Wildman–Crippen MR) is 70.2 cm³/mol. The molecule has 19 heavy (non-hydrogen) atoms. The number of carbonyl (C=O) groups excluding carboxylic acids is 1. The zero-order valence-corrected chi connectivity index (χ0v) is 11.0. The second kappa shape index (κ2) is 5.25. The van der Waals surface area contributed by atoms with Gasteiger partial charge < -0.3 is 14.9 Å². The number of rotatable bonds is 3. The van der Waals surface area contributed by atoms with Crippen LogP contribution in [0.1, 0.15) is 10.4 Å². The van der Waals surface area contributed by atoms with Crippen molar-refractivity contribution in [3.05, 3.63) is 22.8 Å². The second-order valence-electron chi connectivity index (χ2n) is 3.54. The first kappa shape index (κ1) is 13.3. The Bertz CT molecular complexity index is 647. The zero-order valence-electron chi connectivity index (χ0n) is 10.2. The van der Waals surface area contributed by atoms with Gasteiger partial charge in [-0.3, -0.25) is 0 Å². The Morgan fingerprint density at radius 3 is 2.58 bits per heavy atom. The van der Waals surface area contributed by atoms with Crippen molar-refractivity contribution >= 4 is 34.4 Å². The number of anilines is 1. The lowest BCUT2D eigenvalue weighted by Gasteiger charge is -2.09. The number of aromatic nitrogens is 2. The number of nitrogens with one attached hydrogen (secondary N) is 1. The molecular weight excluding hydrogens is 272 g/mol. The third-order valence-electron chi connectivity index (χ3n) is 2.48. The fourth-order valence-corrected chi connectivity index (χ4v) is 1.78. The molecule has 3 N–H and O–H groups in total. The van der Waals surface area contributed by atoms with Gasteiger partial charge in [-0.25, -0.2) is 20.6 Å². The topological polar surface area (TPSA) is 99.4 Å². The molecule has 0 unspecified atom stereocenters. The summed E-state index contributed by atoms with van der Waals surface area (Å²) in [5, 5.41) is 0.107. The summed E-state index contributed by atoms with van der Waals surface area (Å²) in [5.41, 5.74) is 3.51. The highest BCUT2D eigenvalue weighted by Crippen LogP contribution is 2.27. The summed E-state index contributed by atoms with van der Waals surface area (Å²) in [4.78, 5) is 19.9. The van der Waals surface area contributed by atoms with Crippen molar-refractivity contribution in [2.45, 2.75) is 0 Å².